The Kier molecular flexibility index (Phi) is 3.54. The molecular weight excluding hydrogens is 339 g/mol. The van der Waals surface area contributed by atoms with Crippen LogP contribution in [0, 0.1) is 28.1 Å². The van der Waals surface area contributed by atoms with E-state index in [0.29, 0.717) is 21.8 Å². The summed E-state index contributed by atoms with van der Waals surface area (Å²) in [5.41, 5.74) is 1.58. The zero-order valence-corrected chi connectivity index (χ0v) is 13.7. The van der Waals surface area contributed by atoms with Gasteiger partial charge in [0, 0.05) is 24.0 Å². The van der Waals surface area contributed by atoms with E-state index in [1.54, 1.807) is 22.9 Å². The molecule has 26 heavy (non-hydrogen) atoms. The van der Waals surface area contributed by atoms with Gasteiger partial charge in [-0.1, -0.05) is 12.1 Å². The Hall–Kier alpha value is -3.55. The molecule has 0 N–H and O–H groups in total. The Morgan fingerprint density at radius 2 is 2.00 bits per heavy atom. The monoisotopic (exact) mass is 352 g/mol. The van der Waals surface area contributed by atoms with Gasteiger partial charge in [0.15, 0.2) is 5.82 Å². The van der Waals surface area contributed by atoms with E-state index in [-0.39, 0.29) is 23.5 Å². The molecule has 0 aliphatic carbocycles. The maximum atomic E-state index is 14.4. The molecule has 7 nitrogen and oxygen atoms in total. The number of aryl methyl sites for hydroxylation is 1. The van der Waals surface area contributed by atoms with Crippen LogP contribution in [0.15, 0.2) is 48.7 Å². The van der Waals surface area contributed by atoms with Gasteiger partial charge in [-0.2, -0.15) is 4.74 Å². The van der Waals surface area contributed by atoms with Crippen molar-refractivity contribution >= 4 is 11.4 Å². The van der Waals surface area contributed by atoms with Gasteiger partial charge in [-0.05, 0) is 25.1 Å². The number of imidazole rings is 1. The van der Waals surface area contributed by atoms with Crippen molar-refractivity contribution in [2.45, 2.75) is 13.5 Å². The highest BCUT2D eigenvalue weighted by molar-refractivity contribution is 6.12. The van der Waals surface area contributed by atoms with Crippen LogP contribution in [0.4, 0.5) is 10.1 Å². The normalized spacial score (nSPS) is 13.2. The Morgan fingerprint density at radius 3 is 2.73 bits per heavy atom. The Labute approximate surface area is 147 Å². The average molecular weight is 352 g/mol. The highest BCUT2D eigenvalue weighted by Gasteiger charge is 2.30. The van der Waals surface area contributed by atoms with Crippen LogP contribution in [0.3, 0.4) is 0 Å². The zero-order chi connectivity index (χ0) is 18.4. The van der Waals surface area contributed by atoms with Gasteiger partial charge in [-0.25, -0.2) is 9.37 Å². The number of hydroxylamine groups is 1. The summed E-state index contributed by atoms with van der Waals surface area (Å²) < 4.78 is 16.8. The van der Waals surface area contributed by atoms with E-state index >= 15 is 0 Å². The number of hydrogen-bond acceptors (Lipinski definition) is 4. The van der Waals surface area contributed by atoms with Crippen molar-refractivity contribution in [3.63, 3.8) is 0 Å². The van der Waals surface area contributed by atoms with Gasteiger partial charge in [-0.15, -0.1) is 0 Å². The molecule has 1 aliphatic rings. The maximum absolute atomic E-state index is 14.4. The van der Waals surface area contributed by atoms with Crippen molar-refractivity contribution < 1.29 is 14.1 Å². The number of hydrogen-bond donors (Lipinski definition) is 0. The van der Waals surface area contributed by atoms with Crippen molar-refractivity contribution in [3.8, 4) is 5.69 Å². The van der Waals surface area contributed by atoms with Gasteiger partial charge in [0.1, 0.15) is 5.82 Å². The smallest absolute Gasteiger partial charge is 0.270 e. The SMILES string of the molecule is Cc1cnc2n1-c1ccc([N+](=O)[O-])cc1C(c1ccccc1F)=[N+]([O-])C2. The molecule has 0 amide bonds. The third-order valence-electron chi connectivity index (χ3n) is 4.36. The van der Waals surface area contributed by atoms with E-state index in [2.05, 4.69) is 4.98 Å². The molecule has 3 aromatic rings. The minimum absolute atomic E-state index is 0.0479. The number of nitrogens with zero attached hydrogens (tertiary/aromatic N) is 4. The summed E-state index contributed by atoms with van der Waals surface area (Å²) >= 11 is 0. The molecule has 4 rings (SSSR count). The van der Waals surface area contributed by atoms with E-state index < -0.39 is 10.7 Å². The minimum Gasteiger partial charge on any atom is -0.623 e. The quantitative estimate of drug-likeness (QED) is 0.307. The number of benzene rings is 2. The lowest BCUT2D eigenvalue weighted by atomic mass is 9.99. The van der Waals surface area contributed by atoms with Crippen molar-refractivity contribution in [1.29, 1.82) is 0 Å². The molecule has 0 bridgehead atoms. The van der Waals surface area contributed by atoms with E-state index in [1.165, 1.54) is 30.3 Å². The van der Waals surface area contributed by atoms with Gasteiger partial charge < -0.3 is 5.21 Å². The van der Waals surface area contributed by atoms with E-state index in [0.717, 1.165) is 5.69 Å². The fraction of sp³-hybridized carbons (Fsp3) is 0.111. The molecule has 0 atom stereocenters. The first-order valence-electron chi connectivity index (χ1n) is 7.86. The van der Waals surface area contributed by atoms with Crippen LogP contribution in [0.1, 0.15) is 22.6 Å². The number of halogens is 1. The van der Waals surface area contributed by atoms with Crippen LogP contribution in [-0.2, 0) is 6.54 Å². The van der Waals surface area contributed by atoms with Crippen molar-refractivity contribution in [1.82, 2.24) is 9.55 Å². The first-order chi connectivity index (χ1) is 12.5. The van der Waals surface area contributed by atoms with Gasteiger partial charge >= 0.3 is 0 Å². The fourth-order valence-corrected chi connectivity index (χ4v) is 3.22. The second kappa shape index (κ2) is 5.76. The van der Waals surface area contributed by atoms with Crippen LogP contribution in [0.5, 0.6) is 0 Å². The van der Waals surface area contributed by atoms with E-state index in [9.17, 15) is 19.7 Å². The topological polar surface area (TPSA) is 87.0 Å². The molecule has 130 valence electrons. The van der Waals surface area contributed by atoms with E-state index in [1.807, 2.05) is 6.92 Å². The standard InChI is InChI=1S/C18H13FN4O3/c1-11-9-20-17-10-21(24)18(13-4-2-3-5-15(13)19)14-8-12(23(25)26)6-7-16(14)22(11)17/h2-9H,10H2,1H3. The number of non-ortho nitro benzene ring substituents is 1. The molecule has 0 saturated carbocycles. The largest absolute Gasteiger partial charge is 0.623 e. The summed E-state index contributed by atoms with van der Waals surface area (Å²) in [5.74, 6) is -0.0870. The van der Waals surface area contributed by atoms with Gasteiger partial charge in [0.25, 0.3) is 5.69 Å². The lowest BCUT2D eigenvalue weighted by Gasteiger charge is -2.12. The van der Waals surface area contributed by atoms with Crippen LogP contribution >= 0.6 is 0 Å². The summed E-state index contributed by atoms with van der Waals surface area (Å²) in [6.07, 6.45) is 1.63. The second-order valence-corrected chi connectivity index (χ2v) is 5.97. The van der Waals surface area contributed by atoms with Crippen molar-refractivity contribution in [2.75, 3.05) is 0 Å². The molecule has 8 heteroatoms. The molecule has 0 spiro atoms. The molecule has 0 fully saturated rings. The van der Waals surface area contributed by atoms with Crippen molar-refractivity contribution in [3.05, 3.63) is 92.4 Å². The van der Waals surface area contributed by atoms with Gasteiger partial charge in [-0.3, -0.25) is 14.7 Å². The summed E-state index contributed by atoms with van der Waals surface area (Å²) in [6, 6.07) is 10.1. The highest BCUT2D eigenvalue weighted by Crippen LogP contribution is 2.29. The van der Waals surface area contributed by atoms with Crippen molar-refractivity contribution in [2.24, 2.45) is 0 Å². The number of nitro groups is 1. The molecule has 0 radical (unpaired) electrons. The molecule has 0 unspecified atom stereocenters. The summed E-state index contributed by atoms with van der Waals surface area (Å²) in [7, 11) is 0. The summed E-state index contributed by atoms with van der Waals surface area (Å²) in [4.78, 5) is 15.0. The van der Waals surface area contributed by atoms with Crippen LogP contribution < -0.4 is 0 Å². The molecule has 1 aliphatic heterocycles. The number of fused-ring (bicyclic) bond motifs is 3. The van der Waals surface area contributed by atoms with Crippen LogP contribution in [0.25, 0.3) is 5.69 Å². The molecule has 2 aromatic carbocycles. The van der Waals surface area contributed by atoms with E-state index in [4.69, 9.17) is 0 Å². The number of nitro benzene ring substituents is 1. The first-order valence-corrected chi connectivity index (χ1v) is 7.86. The lowest BCUT2D eigenvalue weighted by molar-refractivity contribution is -0.475. The minimum atomic E-state index is -0.572. The summed E-state index contributed by atoms with van der Waals surface area (Å²) in [5, 5.41) is 24.1. The third kappa shape index (κ3) is 2.34. The molecule has 2 heterocycles. The molecule has 0 saturated heterocycles. The second-order valence-electron chi connectivity index (χ2n) is 5.97. The van der Waals surface area contributed by atoms with Crippen LogP contribution in [-0.4, -0.2) is 24.9 Å². The predicted molar refractivity (Wildman–Crippen MR) is 91.9 cm³/mol. The highest BCUT2D eigenvalue weighted by atomic mass is 19.1. The average Bonchev–Trinajstić information content (AvgIpc) is 2.91. The summed E-state index contributed by atoms with van der Waals surface area (Å²) in [6.45, 7) is 1.73. The number of aromatic nitrogens is 2. The Morgan fingerprint density at radius 1 is 1.23 bits per heavy atom. The van der Waals surface area contributed by atoms with Gasteiger partial charge in [0.05, 0.1) is 21.7 Å². The number of rotatable bonds is 2. The van der Waals surface area contributed by atoms with Crippen LogP contribution in [0.2, 0.25) is 0 Å². The van der Waals surface area contributed by atoms with Gasteiger partial charge in [0.2, 0.25) is 12.3 Å². The Bertz CT molecular complexity index is 1090. The third-order valence-corrected chi connectivity index (χ3v) is 4.36. The first kappa shape index (κ1) is 15.9. The lowest BCUT2D eigenvalue weighted by Crippen LogP contribution is -2.19. The fourth-order valence-electron chi connectivity index (χ4n) is 3.22. The predicted octanol–water partition coefficient (Wildman–Crippen LogP) is 3.09. The molecule has 1 aromatic heterocycles. The Balaban J connectivity index is 2.09. The zero-order valence-electron chi connectivity index (χ0n) is 13.7. The maximum Gasteiger partial charge on any atom is 0.270 e. The molecular formula is C18H13FN4O3.